The van der Waals surface area contributed by atoms with Crippen LogP contribution in [-0.4, -0.2) is 41.7 Å². The van der Waals surface area contributed by atoms with Crippen LogP contribution in [0.15, 0.2) is 17.6 Å². The first kappa shape index (κ1) is 21.9. The monoisotopic (exact) mass is 395 g/mol. The highest BCUT2D eigenvalue weighted by Crippen LogP contribution is 2.39. The number of thiophene rings is 1. The van der Waals surface area contributed by atoms with Crippen LogP contribution in [0, 0.1) is 0 Å². The van der Waals surface area contributed by atoms with E-state index in [1.807, 2.05) is 66.7 Å². The molecular formula is C19H30BNO5S. The Kier molecular flexibility index (Phi) is 6.46. The summed E-state index contributed by atoms with van der Waals surface area (Å²) in [5.41, 5.74) is -0.740. The van der Waals surface area contributed by atoms with Crippen molar-refractivity contribution < 1.29 is 23.9 Å². The largest absolute Gasteiger partial charge is 0.492 e. The van der Waals surface area contributed by atoms with Gasteiger partial charge in [0.05, 0.1) is 17.8 Å². The molecule has 1 aromatic heterocycles. The molecule has 0 saturated carbocycles. The minimum Gasteiger partial charge on any atom is -0.444 e. The third kappa shape index (κ3) is 5.81. The van der Waals surface area contributed by atoms with Gasteiger partial charge in [0.1, 0.15) is 5.60 Å². The third-order valence-corrected chi connectivity index (χ3v) is 5.57. The van der Waals surface area contributed by atoms with Gasteiger partial charge in [-0.3, -0.25) is 0 Å². The van der Waals surface area contributed by atoms with Crippen molar-refractivity contribution in [3.8, 4) is 0 Å². The van der Waals surface area contributed by atoms with Crippen molar-refractivity contribution in [3.05, 3.63) is 27.4 Å². The average molecular weight is 395 g/mol. The summed E-state index contributed by atoms with van der Waals surface area (Å²) >= 11 is 1.48. The molecule has 27 heavy (non-hydrogen) atoms. The summed E-state index contributed by atoms with van der Waals surface area (Å²) in [5, 5.41) is 12.1. The Bertz CT molecular complexity index is 689. The van der Waals surface area contributed by atoms with Crippen LogP contribution in [0.25, 0.3) is 6.08 Å². The molecule has 0 atom stereocenters. The van der Waals surface area contributed by atoms with Crippen LogP contribution in [0.1, 0.15) is 58.2 Å². The lowest BCUT2D eigenvalue weighted by molar-refractivity contribution is 0.00578. The zero-order chi connectivity index (χ0) is 20.5. The molecule has 0 bridgehead atoms. The number of carbonyl (C=O) groups is 1. The van der Waals surface area contributed by atoms with Crippen molar-refractivity contribution in [2.24, 2.45) is 0 Å². The molecule has 0 unspecified atom stereocenters. The van der Waals surface area contributed by atoms with Crippen LogP contribution >= 0.6 is 11.3 Å². The molecule has 1 fully saturated rings. The van der Waals surface area contributed by atoms with E-state index in [2.05, 4.69) is 5.32 Å². The van der Waals surface area contributed by atoms with Gasteiger partial charge in [-0.15, -0.1) is 11.3 Å². The molecule has 2 rings (SSSR count). The maximum absolute atomic E-state index is 12.1. The Balaban J connectivity index is 2.20. The molecule has 1 aromatic rings. The van der Waals surface area contributed by atoms with Crippen LogP contribution in [-0.2, 0) is 20.7 Å². The van der Waals surface area contributed by atoms with Crippen molar-refractivity contribution in [2.45, 2.75) is 71.9 Å². The Morgan fingerprint density at radius 1 is 1.26 bits per heavy atom. The van der Waals surface area contributed by atoms with E-state index in [0.717, 1.165) is 15.2 Å². The van der Waals surface area contributed by atoms with Gasteiger partial charge in [-0.1, -0.05) is 0 Å². The van der Waals surface area contributed by atoms with Gasteiger partial charge in [0.15, 0.2) is 0 Å². The van der Waals surface area contributed by atoms with Crippen molar-refractivity contribution in [2.75, 3.05) is 6.54 Å². The van der Waals surface area contributed by atoms with E-state index in [1.165, 1.54) is 11.3 Å². The Hall–Kier alpha value is -1.35. The van der Waals surface area contributed by atoms with Crippen LogP contribution in [0.5, 0.6) is 0 Å². The number of carbonyl (C=O) groups excluding carboxylic acids is 1. The zero-order valence-corrected chi connectivity index (χ0v) is 18.0. The lowest BCUT2D eigenvalue weighted by Gasteiger charge is -2.32. The van der Waals surface area contributed by atoms with Gasteiger partial charge in [-0.05, 0) is 72.1 Å². The van der Waals surface area contributed by atoms with E-state index in [4.69, 9.17) is 14.0 Å². The van der Waals surface area contributed by atoms with Crippen molar-refractivity contribution in [3.63, 3.8) is 0 Å². The summed E-state index contributed by atoms with van der Waals surface area (Å²) in [4.78, 5) is 13.9. The van der Waals surface area contributed by atoms with E-state index in [9.17, 15) is 9.90 Å². The molecular weight excluding hydrogens is 365 g/mol. The summed E-state index contributed by atoms with van der Waals surface area (Å²) < 4.78 is 17.6. The Labute approximate surface area is 166 Å². The van der Waals surface area contributed by atoms with Gasteiger partial charge < -0.3 is 24.5 Å². The normalized spacial score (nSPS) is 19.3. The lowest BCUT2D eigenvalue weighted by atomic mass is 9.77. The number of rotatable bonds is 5. The molecule has 8 heteroatoms. The number of nitrogens with one attached hydrogen (secondary N) is 1. The smallest absolute Gasteiger partial charge is 0.444 e. The number of hydrogen-bond donors (Lipinski definition) is 2. The second kappa shape index (κ2) is 7.95. The summed E-state index contributed by atoms with van der Waals surface area (Å²) in [6, 6.07) is 3.80. The van der Waals surface area contributed by atoms with Crippen molar-refractivity contribution in [1.29, 1.82) is 0 Å². The average Bonchev–Trinajstić information content (AvgIpc) is 3.03. The van der Waals surface area contributed by atoms with Crippen LogP contribution in [0.3, 0.4) is 0 Å². The van der Waals surface area contributed by atoms with Crippen molar-refractivity contribution >= 4 is 30.6 Å². The van der Waals surface area contributed by atoms with E-state index in [0.29, 0.717) is 0 Å². The zero-order valence-electron chi connectivity index (χ0n) is 17.2. The molecule has 0 spiro atoms. The lowest BCUT2D eigenvalue weighted by Crippen LogP contribution is -2.41. The SMILES string of the molecule is CC(C)(C)OC(=O)NCC(=Cc1ccc(CO)s1)B1OC(C)(C)C(C)(C)O1. The number of amides is 1. The van der Waals surface area contributed by atoms with E-state index in [-0.39, 0.29) is 13.2 Å². The fourth-order valence-corrected chi connectivity index (χ4v) is 3.27. The fraction of sp³-hybridized carbons (Fsp3) is 0.632. The molecule has 0 radical (unpaired) electrons. The molecule has 1 aliphatic heterocycles. The van der Waals surface area contributed by atoms with Gasteiger partial charge in [0, 0.05) is 16.3 Å². The van der Waals surface area contributed by atoms with Gasteiger partial charge >= 0.3 is 13.2 Å². The van der Waals surface area contributed by atoms with Gasteiger partial charge in [0.25, 0.3) is 0 Å². The first-order chi connectivity index (χ1) is 12.3. The second-order valence-corrected chi connectivity index (χ2v) is 9.83. The van der Waals surface area contributed by atoms with E-state index in [1.54, 1.807) is 0 Å². The minimum atomic E-state index is -0.579. The quantitative estimate of drug-likeness (QED) is 0.742. The highest BCUT2D eigenvalue weighted by atomic mass is 32.1. The predicted octanol–water partition coefficient (Wildman–Crippen LogP) is 3.78. The maximum Gasteiger partial charge on any atom is 0.492 e. The van der Waals surface area contributed by atoms with Gasteiger partial charge in [-0.25, -0.2) is 4.79 Å². The van der Waals surface area contributed by atoms with Crippen LogP contribution in [0.4, 0.5) is 4.79 Å². The molecule has 2 heterocycles. The summed E-state index contributed by atoms with van der Waals surface area (Å²) in [7, 11) is -0.579. The van der Waals surface area contributed by atoms with E-state index >= 15 is 0 Å². The van der Waals surface area contributed by atoms with Gasteiger partial charge in [-0.2, -0.15) is 0 Å². The summed E-state index contributed by atoms with van der Waals surface area (Å²) in [6.07, 6.45) is 1.44. The molecule has 1 saturated heterocycles. The summed E-state index contributed by atoms with van der Waals surface area (Å²) in [5.74, 6) is 0. The Morgan fingerprint density at radius 2 is 1.85 bits per heavy atom. The number of alkyl carbamates (subject to hydrolysis) is 1. The molecule has 6 nitrogen and oxygen atoms in total. The molecule has 0 aromatic carbocycles. The first-order valence-corrected chi connectivity index (χ1v) is 9.87. The Morgan fingerprint density at radius 3 is 2.33 bits per heavy atom. The highest BCUT2D eigenvalue weighted by Gasteiger charge is 2.52. The molecule has 1 aliphatic rings. The first-order valence-electron chi connectivity index (χ1n) is 9.05. The summed E-state index contributed by atoms with van der Waals surface area (Å²) in [6.45, 7) is 13.6. The fourth-order valence-electron chi connectivity index (χ4n) is 2.43. The third-order valence-electron chi connectivity index (χ3n) is 4.56. The number of aliphatic hydroxyl groups excluding tert-OH is 1. The molecule has 0 aliphatic carbocycles. The molecule has 1 amide bonds. The number of aliphatic hydroxyl groups is 1. The predicted molar refractivity (Wildman–Crippen MR) is 109 cm³/mol. The number of hydrogen-bond acceptors (Lipinski definition) is 6. The molecule has 150 valence electrons. The van der Waals surface area contributed by atoms with Gasteiger partial charge in [0.2, 0.25) is 0 Å². The van der Waals surface area contributed by atoms with Crippen molar-refractivity contribution in [1.82, 2.24) is 5.32 Å². The van der Waals surface area contributed by atoms with Crippen LogP contribution in [0.2, 0.25) is 0 Å². The van der Waals surface area contributed by atoms with Crippen LogP contribution < -0.4 is 5.32 Å². The molecule has 2 N–H and O–H groups in total. The van der Waals surface area contributed by atoms with E-state index < -0.39 is 30.0 Å². The topological polar surface area (TPSA) is 77.0 Å². The highest BCUT2D eigenvalue weighted by molar-refractivity contribution is 7.12. The maximum atomic E-state index is 12.1. The number of ether oxygens (including phenoxy) is 1. The minimum absolute atomic E-state index is 0.000485. The standard InChI is InChI=1S/C19H30BNO5S/c1-17(2,3)24-16(23)21-11-13(10-14-8-9-15(12-22)27-14)20-25-18(4,5)19(6,7)26-20/h8-10,22H,11-12H2,1-7H3,(H,21,23). The second-order valence-electron chi connectivity index (χ2n) is 8.63.